The van der Waals surface area contributed by atoms with Gasteiger partial charge in [-0.25, -0.2) is 8.42 Å². The van der Waals surface area contributed by atoms with Crippen LogP contribution in [0.3, 0.4) is 0 Å². The third-order valence-corrected chi connectivity index (χ3v) is 8.18. The first-order chi connectivity index (χ1) is 16.7. The summed E-state index contributed by atoms with van der Waals surface area (Å²) in [4.78, 5) is 28.7. The molecule has 2 heterocycles. The Labute approximate surface area is 208 Å². The Bertz CT molecular complexity index is 1140. The lowest BCUT2D eigenvalue weighted by Crippen LogP contribution is -2.48. The maximum absolute atomic E-state index is 12.8. The zero-order chi connectivity index (χ0) is 25.0. The molecule has 0 spiro atoms. The summed E-state index contributed by atoms with van der Waals surface area (Å²) in [6, 6.07) is 18.5. The van der Waals surface area contributed by atoms with Crippen molar-refractivity contribution in [2.24, 2.45) is 5.73 Å². The van der Waals surface area contributed by atoms with Gasteiger partial charge in [0, 0.05) is 43.5 Å². The van der Waals surface area contributed by atoms with Gasteiger partial charge < -0.3 is 10.6 Å². The first-order valence-corrected chi connectivity index (χ1v) is 14.4. The summed E-state index contributed by atoms with van der Waals surface area (Å²) in [5.41, 5.74) is 8.33. The lowest BCUT2D eigenvalue weighted by molar-refractivity contribution is -0.128. The number of sulfone groups is 1. The maximum atomic E-state index is 12.8. The Kier molecular flexibility index (Phi) is 7.91. The van der Waals surface area contributed by atoms with Crippen LogP contribution in [-0.2, 0) is 21.1 Å². The van der Waals surface area contributed by atoms with E-state index in [0.717, 1.165) is 44.0 Å². The SMILES string of the molecule is CS(=O)(=O)CC(=O)N(CCc1ccccc1)CCN1C2CCC1CC(c1cccc(C(N)=O)c1)C2. The molecule has 2 aliphatic rings. The van der Waals surface area contributed by atoms with Crippen LogP contribution in [-0.4, -0.2) is 73.8 Å². The molecule has 2 saturated heterocycles. The van der Waals surface area contributed by atoms with Crippen LogP contribution in [0.25, 0.3) is 0 Å². The van der Waals surface area contributed by atoms with Gasteiger partial charge in [0.05, 0.1) is 0 Å². The van der Waals surface area contributed by atoms with E-state index in [4.69, 9.17) is 5.73 Å². The van der Waals surface area contributed by atoms with Crippen molar-refractivity contribution in [1.29, 1.82) is 0 Å². The van der Waals surface area contributed by atoms with E-state index in [0.29, 0.717) is 43.1 Å². The van der Waals surface area contributed by atoms with Crippen molar-refractivity contribution in [3.05, 3.63) is 71.3 Å². The van der Waals surface area contributed by atoms with Gasteiger partial charge in [-0.15, -0.1) is 0 Å². The molecule has 8 heteroatoms. The number of carbonyl (C=O) groups excluding carboxylic acids is 2. The van der Waals surface area contributed by atoms with Crippen molar-refractivity contribution in [3.8, 4) is 0 Å². The van der Waals surface area contributed by atoms with Crippen molar-refractivity contribution in [2.45, 2.75) is 50.1 Å². The molecule has 7 nitrogen and oxygen atoms in total. The quantitative estimate of drug-likeness (QED) is 0.544. The van der Waals surface area contributed by atoms with Crippen LogP contribution < -0.4 is 5.73 Å². The van der Waals surface area contributed by atoms with Crippen LogP contribution in [0.5, 0.6) is 0 Å². The number of rotatable bonds is 10. The minimum absolute atomic E-state index is 0.325. The predicted octanol–water partition coefficient (Wildman–Crippen LogP) is 2.61. The lowest BCUT2D eigenvalue weighted by Gasteiger charge is -2.40. The highest BCUT2D eigenvalue weighted by Crippen LogP contribution is 2.43. The molecule has 2 aromatic carbocycles. The normalized spacial score (nSPS) is 22.1. The van der Waals surface area contributed by atoms with Crippen molar-refractivity contribution in [1.82, 2.24) is 9.80 Å². The molecule has 188 valence electrons. The molecule has 2 N–H and O–H groups in total. The fraction of sp³-hybridized carbons (Fsp3) is 0.481. The van der Waals surface area contributed by atoms with Crippen LogP contribution in [0.15, 0.2) is 54.6 Å². The number of fused-ring (bicyclic) bond motifs is 2. The molecule has 4 rings (SSSR count). The largest absolute Gasteiger partial charge is 0.366 e. The van der Waals surface area contributed by atoms with Crippen molar-refractivity contribution in [2.75, 3.05) is 31.6 Å². The molecule has 2 aliphatic heterocycles. The minimum atomic E-state index is -3.39. The summed E-state index contributed by atoms with van der Waals surface area (Å²) in [7, 11) is -3.39. The van der Waals surface area contributed by atoms with Gasteiger partial charge in [0.1, 0.15) is 5.75 Å². The average molecular weight is 498 g/mol. The van der Waals surface area contributed by atoms with Gasteiger partial charge in [0.25, 0.3) is 0 Å². The number of amides is 2. The zero-order valence-corrected chi connectivity index (χ0v) is 21.1. The Morgan fingerprint density at radius 3 is 2.31 bits per heavy atom. The van der Waals surface area contributed by atoms with E-state index in [2.05, 4.69) is 11.0 Å². The zero-order valence-electron chi connectivity index (χ0n) is 20.3. The number of hydrogen-bond acceptors (Lipinski definition) is 5. The number of nitrogens with two attached hydrogens (primary N) is 1. The number of nitrogens with zero attached hydrogens (tertiary/aromatic N) is 2. The lowest BCUT2D eigenvalue weighted by atomic mass is 9.84. The third kappa shape index (κ3) is 6.70. The summed E-state index contributed by atoms with van der Waals surface area (Å²) in [6.07, 6.45) is 6.08. The molecule has 2 amide bonds. The average Bonchev–Trinajstić information content (AvgIpc) is 3.05. The molecule has 2 atom stereocenters. The second kappa shape index (κ2) is 10.9. The summed E-state index contributed by atoms with van der Waals surface area (Å²) in [6.45, 7) is 1.77. The Balaban J connectivity index is 1.40. The third-order valence-electron chi connectivity index (χ3n) is 7.41. The summed E-state index contributed by atoms with van der Waals surface area (Å²) < 4.78 is 23.6. The van der Waals surface area contributed by atoms with Gasteiger partial charge in [0.2, 0.25) is 11.8 Å². The minimum Gasteiger partial charge on any atom is -0.366 e. The van der Waals surface area contributed by atoms with Crippen LogP contribution in [0.2, 0.25) is 0 Å². The molecule has 0 radical (unpaired) electrons. The smallest absolute Gasteiger partial charge is 0.248 e. The van der Waals surface area contributed by atoms with Gasteiger partial charge in [-0.1, -0.05) is 42.5 Å². The van der Waals surface area contributed by atoms with E-state index in [1.165, 1.54) is 5.56 Å². The number of piperidine rings is 1. The van der Waals surface area contributed by atoms with Crippen LogP contribution in [0.4, 0.5) is 0 Å². The molecule has 2 unspecified atom stereocenters. The molecule has 2 fully saturated rings. The van der Waals surface area contributed by atoms with Crippen molar-refractivity contribution >= 4 is 21.7 Å². The fourth-order valence-corrected chi connectivity index (χ4v) is 6.31. The highest BCUT2D eigenvalue weighted by molar-refractivity contribution is 7.91. The molecular weight excluding hydrogens is 462 g/mol. The Morgan fingerprint density at radius 2 is 1.69 bits per heavy atom. The number of benzene rings is 2. The standard InChI is InChI=1S/C27H35N3O4S/c1-35(33,34)19-26(31)29(13-12-20-6-3-2-4-7-20)14-15-30-24-10-11-25(30)18-23(17-24)21-8-5-9-22(16-21)27(28)32/h2-9,16,23-25H,10-15,17-19H2,1H3,(H2,28,32). The van der Waals surface area contributed by atoms with Gasteiger partial charge in [0.15, 0.2) is 9.84 Å². The van der Waals surface area contributed by atoms with E-state index < -0.39 is 21.5 Å². The highest BCUT2D eigenvalue weighted by Gasteiger charge is 2.41. The molecule has 35 heavy (non-hydrogen) atoms. The maximum Gasteiger partial charge on any atom is 0.248 e. The van der Waals surface area contributed by atoms with Gasteiger partial charge >= 0.3 is 0 Å². The van der Waals surface area contributed by atoms with Crippen LogP contribution >= 0.6 is 0 Å². The number of hydrogen-bond donors (Lipinski definition) is 1. The summed E-state index contributed by atoms with van der Waals surface area (Å²) in [5, 5.41) is 0. The van der Waals surface area contributed by atoms with E-state index in [1.54, 1.807) is 11.0 Å². The van der Waals surface area contributed by atoms with Gasteiger partial charge in [-0.3, -0.25) is 14.5 Å². The Hall–Kier alpha value is -2.71. The molecule has 0 aliphatic carbocycles. The molecule has 2 bridgehead atoms. The predicted molar refractivity (Wildman–Crippen MR) is 137 cm³/mol. The van der Waals surface area contributed by atoms with E-state index in [-0.39, 0.29) is 5.91 Å². The second-order valence-corrected chi connectivity index (χ2v) is 12.1. The fourth-order valence-electron chi connectivity index (χ4n) is 5.68. The van der Waals surface area contributed by atoms with Crippen LogP contribution in [0.1, 0.15) is 53.1 Å². The molecule has 0 saturated carbocycles. The van der Waals surface area contributed by atoms with E-state index >= 15 is 0 Å². The second-order valence-electron chi connectivity index (χ2n) is 9.97. The first kappa shape index (κ1) is 25.4. The Morgan fingerprint density at radius 1 is 1.00 bits per heavy atom. The monoisotopic (exact) mass is 497 g/mol. The van der Waals surface area contributed by atoms with Crippen LogP contribution in [0, 0.1) is 0 Å². The van der Waals surface area contributed by atoms with E-state index in [9.17, 15) is 18.0 Å². The molecule has 2 aromatic rings. The van der Waals surface area contributed by atoms with Gasteiger partial charge in [-0.05, 0) is 61.3 Å². The number of carbonyl (C=O) groups is 2. The highest BCUT2D eigenvalue weighted by atomic mass is 32.2. The van der Waals surface area contributed by atoms with Gasteiger partial charge in [-0.2, -0.15) is 0 Å². The molecule has 0 aromatic heterocycles. The first-order valence-electron chi connectivity index (χ1n) is 12.3. The summed E-state index contributed by atoms with van der Waals surface area (Å²) in [5.74, 6) is -0.785. The van der Waals surface area contributed by atoms with Crippen molar-refractivity contribution in [3.63, 3.8) is 0 Å². The number of primary amides is 1. The van der Waals surface area contributed by atoms with E-state index in [1.807, 2.05) is 42.5 Å². The topological polar surface area (TPSA) is 101 Å². The van der Waals surface area contributed by atoms with Crippen molar-refractivity contribution < 1.29 is 18.0 Å². The molecular formula is C27H35N3O4S. The summed E-state index contributed by atoms with van der Waals surface area (Å²) >= 11 is 0.